The first kappa shape index (κ1) is 25.6. The quantitative estimate of drug-likeness (QED) is 0.259. The lowest BCUT2D eigenvalue weighted by Gasteiger charge is -2.34. The van der Waals surface area contributed by atoms with Gasteiger partial charge < -0.3 is 19.9 Å². The minimum absolute atomic E-state index is 0. The van der Waals surface area contributed by atoms with Crippen molar-refractivity contribution in [2.45, 2.75) is 32.7 Å². The molecule has 1 aromatic rings. The van der Waals surface area contributed by atoms with Crippen LogP contribution in [0.5, 0.6) is 0 Å². The molecule has 1 atom stereocenters. The van der Waals surface area contributed by atoms with Crippen molar-refractivity contribution in [3.63, 3.8) is 0 Å². The molecule has 0 bridgehead atoms. The number of halogens is 2. The van der Waals surface area contributed by atoms with Gasteiger partial charge in [0.2, 0.25) is 0 Å². The molecule has 0 radical (unpaired) electrons. The van der Waals surface area contributed by atoms with E-state index in [1.54, 1.807) is 12.1 Å². The Labute approximate surface area is 190 Å². The van der Waals surface area contributed by atoms with Crippen LogP contribution in [0.3, 0.4) is 0 Å². The summed E-state index contributed by atoms with van der Waals surface area (Å²) in [6.07, 6.45) is 1.54. The van der Waals surface area contributed by atoms with Gasteiger partial charge in [0.25, 0.3) is 0 Å². The molecule has 1 unspecified atom stereocenters. The number of nitrogens with zero attached hydrogens (tertiary/aromatic N) is 3. The van der Waals surface area contributed by atoms with Crippen LogP contribution < -0.4 is 5.32 Å². The van der Waals surface area contributed by atoms with E-state index in [2.05, 4.69) is 15.1 Å². The number of rotatable bonds is 7. The molecule has 2 rings (SSSR count). The fourth-order valence-electron chi connectivity index (χ4n) is 3.47. The number of esters is 1. The van der Waals surface area contributed by atoms with Crippen molar-refractivity contribution in [1.82, 2.24) is 15.1 Å². The van der Waals surface area contributed by atoms with Gasteiger partial charge in [0.05, 0.1) is 25.1 Å². The zero-order chi connectivity index (χ0) is 20.5. The number of aliphatic imine (C=N–C) groups is 1. The fraction of sp³-hybridized carbons (Fsp3) is 0.619. The Balaban J connectivity index is 0.00000420. The normalized spacial score (nSPS) is 16.3. The second kappa shape index (κ2) is 13.0. The SMILES string of the molecule is CCNC(=NCC(c1cccc(F)c1)N(C)C)N1CCC(C(=O)OCC)CC1.I. The maximum atomic E-state index is 13.6. The van der Waals surface area contributed by atoms with Crippen LogP contribution in [-0.2, 0) is 9.53 Å². The third kappa shape index (κ3) is 7.73. The topological polar surface area (TPSA) is 57.2 Å². The molecule has 1 saturated heterocycles. The standard InChI is InChI=1S/C21H33FN4O2.HI/c1-5-23-21(26-12-10-16(11-13-26)20(27)28-6-2)24-15-19(25(3)4)17-8-7-9-18(22)14-17;/h7-9,14,16,19H,5-6,10-13,15H2,1-4H3,(H,23,24);1H. The van der Waals surface area contributed by atoms with Gasteiger partial charge in [-0.05, 0) is 58.5 Å². The van der Waals surface area contributed by atoms with Crippen LogP contribution >= 0.6 is 24.0 Å². The molecule has 1 fully saturated rings. The number of likely N-dealkylation sites (tertiary alicyclic amines) is 1. The largest absolute Gasteiger partial charge is 0.466 e. The summed E-state index contributed by atoms with van der Waals surface area (Å²) in [5.41, 5.74) is 0.908. The molecule has 164 valence electrons. The number of piperidine rings is 1. The molecule has 1 aromatic carbocycles. The Morgan fingerprint density at radius 2 is 2.03 bits per heavy atom. The van der Waals surface area contributed by atoms with Crippen LogP contribution in [0.2, 0.25) is 0 Å². The summed E-state index contributed by atoms with van der Waals surface area (Å²) >= 11 is 0. The first-order valence-corrected chi connectivity index (χ1v) is 10.1. The highest BCUT2D eigenvalue weighted by atomic mass is 127. The molecule has 29 heavy (non-hydrogen) atoms. The number of ether oxygens (including phenoxy) is 1. The number of nitrogens with one attached hydrogen (secondary N) is 1. The van der Waals surface area contributed by atoms with Crippen molar-refractivity contribution in [2.24, 2.45) is 10.9 Å². The Kier molecular flexibility index (Phi) is 11.5. The van der Waals surface area contributed by atoms with Crippen molar-refractivity contribution >= 4 is 35.9 Å². The minimum atomic E-state index is -0.235. The lowest BCUT2D eigenvalue weighted by molar-refractivity contribution is -0.149. The third-order valence-corrected chi connectivity index (χ3v) is 5.02. The van der Waals surface area contributed by atoms with E-state index < -0.39 is 0 Å². The highest BCUT2D eigenvalue weighted by Crippen LogP contribution is 2.21. The average Bonchev–Trinajstić information content (AvgIpc) is 2.67. The van der Waals surface area contributed by atoms with E-state index >= 15 is 0 Å². The summed E-state index contributed by atoms with van der Waals surface area (Å²) in [6, 6.07) is 6.67. The number of likely N-dealkylation sites (N-methyl/N-ethyl adjacent to an activating group) is 1. The summed E-state index contributed by atoms with van der Waals surface area (Å²) in [5.74, 6) is 0.484. The smallest absolute Gasteiger partial charge is 0.309 e. The van der Waals surface area contributed by atoms with Gasteiger partial charge in [-0.25, -0.2) is 4.39 Å². The van der Waals surface area contributed by atoms with Crippen molar-refractivity contribution in [2.75, 3.05) is 46.9 Å². The van der Waals surface area contributed by atoms with Crippen LogP contribution in [0.25, 0.3) is 0 Å². The molecule has 8 heteroatoms. The first-order chi connectivity index (χ1) is 13.5. The van der Waals surface area contributed by atoms with Crippen molar-refractivity contribution in [3.8, 4) is 0 Å². The van der Waals surface area contributed by atoms with Gasteiger partial charge >= 0.3 is 5.97 Å². The lowest BCUT2D eigenvalue weighted by atomic mass is 9.97. The van der Waals surface area contributed by atoms with Crippen molar-refractivity contribution < 1.29 is 13.9 Å². The predicted octanol–water partition coefficient (Wildman–Crippen LogP) is 3.29. The molecular formula is C21H34FIN4O2. The van der Waals surface area contributed by atoms with Gasteiger partial charge in [0, 0.05) is 19.6 Å². The second-order valence-electron chi connectivity index (χ2n) is 7.24. The molecule has 0 aromatic heterocycles. The third-order valence-electron chi connectivity index (χ3n) is 5.02. The molecule has 1 N–H and O–H groups in total. The Bertz CT molecular complexity index is 664. The lowest BCUT2D eigenvalue weighted by Crippen LogP contribution is -2.47. The molecule has 0 amide bonds. The maximum Gasteiger partial charge on any atom is 0.309 e. The Morgan fingerprint density at radius 3 is 2.59 bits per heavy atom. The second-order valence-corrected chi connectivity index (χ2v) is 7.24. The highest BCUT2D eigenvalue weighted by Gasteiger charge is 2.27. The molecule has 1 aliphatic heterocycles. The van der Waals surface area contributed by atoms with Crippen LogP contribution in [0.4, 0.5) is 4.39 Å². The summed E-state index contributed by atoms with van der Waals surface area (Å²) in [4.78, 5) is 21.0. The molecule has 1 aliphatic rings. The number of hydrogen-bond donors (Lipinski definition) is 1. The molecule has 6 nitrogen and oxygen atoms in total. The zero-order valence-corrected chi connectivity index (χ0v) is 20.2. The van der Waals surface area contributed by atoms with Gasteiger partial charge in [-0.3, -0.25) is 9.79 Å². The number of hydrogen-bond acceptors (Lipinski definition) is 4. The van der Waals surface area contributed by atoms with E-state index in [4.69, 9.17) is 9.73 Å². The van der Waals surface area contributed by atoms with E-state index in [0.717, 1.165) is 44.0 Å². The average molecular weight is 520 g/mol. The Hall–Kier alpha value is -1.42. The minimum Gasteiger partial charge on any atom is -0.466 e. The number of benzene rings is 1. The molecule has 0 saturated carbocycles. The summed E-state index contributed by atoms with van der Waals surface area (Å²) in [7, 11) is 3.95. The van der Waals surface area contributed by atoms with Crippen LogP contribution in [0, 0.1) is 11.7 Å². The van der Waals surface area contributed by atoms with Crippen LogP contribution in [0.15, 0.2) is 29.3 Å². The molecule has 1 heterocycles. The summed E-state index contributed by atoms with van der Waals surface area (Å²) in [5, 5.41) is 3.35. The van der Waals surface area contributed by atoms with Gasteiger partial charge in [-0.1, -0.05) is 12.1 Å². The van der Waals surface area contributed by atoms with Crippen molar-refractivity contribution in [1.29, 1.82) is 0 Å². The van der Waals surface area contributed by atoms with E-state index in [9.17, 15) is 9.18 Å². The van der Waals surface area contributed by atoms with Crippen LogP contribution in [0.1, 0.15) is 38.3 Å². The van der Waals surface area contributed by atoms with Crippen LogP contribution in [-0.4, -0.2) is 68.6 Å². The molecular weight excluding hydrogens is 486 g/mol. The monoisotopic (exact) mass is 520 g/mol. The van der Waals surface area contributed by atoms with Crippen molar-refractivity contribution in [3.05, 3.63) is 35.6 Å². The maximum absolute atomic E-state index is 13.6. The number of guanidine groups is 1. The number of carbonyl (C=O) groups excluding carboxylic acids is 1. The zero-order valence-electron chi connectivity index (χ0n) is 17.9. The summed E-state index contributed by atoms with van der Waals surface area (Å²) < 4.78 is 18.8. The molecule has 0 spiro atoms. The Morgan fingerprint density at radius 1 is 1.34 bits per heavy atom. The highest BCUT2D eigenvalue weighted by molar-refractivity contribution is 14.0. The van der Waals surface area contributed by atoms with E-state index in [-0.39, 0.29) is 47.7 Å². The number of carbonyl (C=O) groups is 1. The van der Waals surface area contributed by atoms with E-state index in [1.807, 2.05) is 34.0 Å². The molecule has 0 aliphatic carbocycles. The summed E-state index contributed by atoms with van der Waals surface area (Å²) in [6.45, 7) is 7.12. The first-order valence-electron chi connectivity index (χ1n) is 10.1. The van der Waals surface area contributed by atoms with Gasteiger partial charge in [-0.15, -0.1) is 24.0 Å². The predicted molar refractivity (Wildman–Crippen MR) is 125 cm³/mol. The van der Waals surface area contributed by atoms with Gasteiger partial charge in [-0.2, -0.15) is 0 Å². The fourth-order valence-corrected chi connectivity index (χ4v) is 3.47. The van der Waals surface area contributed by atoms with E-state index in [0.29, 0.717) is 13.2 Å². The van der Waals surface area contributed by atoms with Gasteiger partial charge in [0.15, 0.2) is 5.96 Å². The van der Waals surface area contributed by atoms with Gasteiger partial charge in [0.1, 0.15) is 5.82 Å². The van der Waals surface area contributed by atoms with E-state index in [1.165, 1.54) is 6.07 Å².